The molecule has 36 heavy (non-hydrogen) atoms. The van der Waals surface area contributed by atoms with Gasteiger partial charge in [-0.1, -0.05) is 71.9 Å². The molecule has 0 unspecified atom stereocenters. The minimum atomic E-state index is -0.406. The van der Waals surface area contributed by atoms with Gasteiger partial charge in [-0.05, 0) is 84.7 Å². The first-order chi connectivity index (χ1) is 17.4. The first kappa shape index (κ1) is 27.7. The van der Waals surface area contributed by atoms with Crippen molar-refractivity contribution in [3.63, 3.8) is 0 Å². The van der Waals surface area contributed by atoms with Gasteiger partial charge in [0.15, 0.2) is 5.78 Å². The number of ether oxygens (including phenoxy) is 2. The standard InChI is InChI=1S/C32H42O4/c1-5-6-7-8-9-10-21-35-27-16-18-28(19-17-27)36-32(34)26-14-12-25(13-15-26)22-30-24(4)11-20-29(23(2)3)31(30)33/h12-19,22-24,29H,5-11,20-21H2,1-4H3/b30-22+/t24-,29-/m1/s1. The highest BCUT2D eigenvalue weighted by Crippen LogP contribution is 2.35. The fourth-order valence-corrected chi connectivity index (χ4v) is 4.76. The molecule has 0 aliphatic heterocycles. The summed E-state index contributed by atoms with van der Waals surface area (Å²) in [5.74, 6) is 1.85. The monoisotopic (exact) mass is 490 g/mol. The summed E-state index contributed by atoms with van der Waals surface area (Å²) in [6.07, 6.45) is 11.4. The zero-order valence-electron chi connectivity index (χ0n) is 22.4. The SMILES string of the molecule is CCCCCCCCOc1ccc(OC(=O)c2ccc(/C=C3/C(=O)[C@@H](C(C)C)CC[C@H]3C)cc2)cc1. The average molecular weight is 491 g/mol. The second-order valence-corrected chi connectivity index (χ2v) is 10.4. The van der Waals surface area contributed by atoms with Gasteiger partial charge < -0.3 is 9.47 Å². The third kappa shape index (κ3) is 8.08. The van der Waals surface area contributed by atoms with E-state index in [-0.39, 0.29) is 17.6 Å². The summed E-state index contributed by atoms with van der Waals surface area (Å²) in [4.78, 5) is 25.6. The number of Topliss-reactive ketones (excluding diaryl/α,β-unsaturated/α-hetero) is 1. The second-order valence-electron chi connectivity index (χ2n) is 10.4. The van der Waals surface area contributed by atoms with E-state index in [2.05, 4.69) is 27.7 Å². The summed E-state index contributed by atoms with van der Waals surface area (Å²) >= 11 is 0. The molecule has 2 aromatic rings. The van der Waals surface area contributed by atoms with E-state index in [1.165, 1.54) is 32.1 Å². The number of benzene rings is 2. The van der Waals surface area contributed by atoms with E-state index < -0.39 is 5.97 Å². The number of unbranched alkanes of at least 4 members (excludes halogenated alkanes) is 5. The van der Waals surface area contributed by atoms with E-state index in [1.54, 1.807) is 24.3 Å². The quantitative estimate of drug-likeness (QED) is 0.130. The first-order valence-electron chi connectivity index (χ1n) is 13.7. The van der Waals surface area contributed by atoms with Crippen molar-refractivity contribution in [3.8, 4) is 11.5 Å². The largest absolute Gasteiger partial charge is 0.494 e. The number of carbonyl (C=O) groups is 2. The van der Waals surface area contributed by atoms with Crippen LogP contribution in [-0.4, -0.2) is 18.4 Å². The number of carbonyl (C=O) groups excluding carboxylic acids is 2. The van der Waals surface area contributed by atoms with Gasteiger partial charge in [0.25, 0.3) is 0 Å². The van der Waals surface area contributed by atoms with Gasteiger partial charge in [0, 0.05) is 5.92 Å². The molecule has 2 atom stereocenters. The van der Waals surface area contributed by atoms with Gasteiger partial charge in [-0.3, -0.25) is 4.79 Å². The van der Waals surface area contributed by atoms with Gasteiger partial charge in [0.05, 0.1) is 12.2 Å². The number of hydrogen-bond acceptors (Lipinski definition) is 4. The Morgan fingerprint density at radius 3 is 2.22 bits per heavy atom. The number of ketones is 1. The maximum absolute atomic E-state index is 13.0. The summed E-state index contributed by atoms with van der Waals surface area (Å²) in [5, 5.41) is 0. The Labute approximate surface area is 217 Å². The van der Waals surface area contributed by atoms with Crippen LogP contribution < -0.4 is 9.47 Å². The van der Waals surface area contributed by atoms with E-state index in [9.17, 15) is 9.59 Å². The Morgan fingerprint density at radius 2 is 1.56 bits per heavy atom. The molecular weight excluding hydrogens is 448 g/mol. The van der Waals surface area contributed by atoms with E-state index in [4.69, 9.17) is 9.47 Å². The molecule has 1 aliphatic carbocycles. The van der Waals surface area contributed by atoms with Crippen LogP contribution in [-0.2, 0) is 4.79 Å². The van der Waals surface area contributed by atoms with Crippen molar-refractivity contribution in [2.45, 2.75) is 79.1 Å². The highest BCUT2D eigenvalue weighted by atomic mass is 16.5. The van der Waals surface area contributed by atoms with Gasteiger partial charge in [-0.15, -0.1) is 0 Å². The van der Waals surface area contributed by atoms with Gasteiger partial charge in [0.2, 0.25) is 0 Å². The van der Waals surface area contributed by atoms with Crippen molar-refractivity contribution in [2.75, 3.05) is 6.61 Å². The predicted octanol–water partition coefficient (Wildman–Crippen LogP) is 8.30. The minimum absolute atomic E-state index is 0.106. The van der Waals surface area contributed by atoms with Crippen molar-refractivity contribution >= 4 is 17.8 Å². The summed E-state index contributed by atoms with van der Waals surface area (Å²) < 4.78 is 11.3. The van der Waals surface area contributed by atoms with Crippen LogP contribution in [0.4, 0.5) is 0 Å². The number of hydrogen-bond donors (Lipinski definition) is 0. The van der Waals surface area contributed by atoms with Crippen LogP contribution in [0.5, 0.6) is 11.5 Å². The molecule has 1 saturated carbocycles. The summed E-state index contributed by atoms with van der Waals surface area (Å²) in [6, 6.07) is 14.4. The fraction of sp³-hybridized carbons (Fsp3) is 0.500. The van der Waals surface area contributed by atoms with Crippen LogP contribution in [0.3, 0.4) is 0 Å². The summed E-state index contributed by atoms with van der Waals surface area (Å²) in [6.45, 7) is 9.29. The molecule has 0 spiro atoms. The first-order valence-corrected chi connectivity index (χ1v) is 13.7. The summed E-state index contributed by atoms with van der Waals surface area (Å²) in [7, 11) is 0. The zero-order chi connectivity index (χ0) is 25.9. The normalized spacial score (nSPS) is 19.0. The Morgan fingerprint density at radius 1 is 0.917 bits per heavy atom. The Kier molecular flexibility index (Phi) is 10.8. The lowest BCUT2D eigenvalue weighted by Gasteiger charge is -2.30. The maximum Gasteiger partial charge on any atom is 0.343 e. The second kappa shape index (κ2) is 14.0. The fourth-order valence-electron chi connectivity index (χ4n) is 4.76. The van der Waals surface area contributed by atoms with Gasteiger partial charge in [-0.25, -0.2) is 4.79 Å². The van der Waals surface area contributed by atoms with E-state index in [0.717, 1.165) is 36.1 Å². The van der Waals surface area contributed by atoms with Crippen molar-refractivity contribution in [2.24, 2.45) is 17.8 Å². The Balaban J connectivity index is 1.51. The lowest BCUT2D eigenvalue weighted by Crippen LogP contribution is -2.30. The van der Waals surface area contributed by atoms with E-state index >= 15 is 0 Å². The molecule has 4 heteroatoms. The van der Waals surface area contributed by atoms with Crippen molar-refractivity contribution in [1.29, 1.82) is 0 Å². The smallest absolute Gasteiger partial charge is 0.343 e. The third-order valence-electron chi connectivity index (χ3n) is 7.14. The Hall–Kier alpha value is -2.88. The van der Waals surface area contributed by atoms with Gasteiger partial charge >= 0.3 is 5.97 Å². The van der Waals surface area contributed by atoms with Crippen LogP contribution in [0, 0.1) is 17.8 Å². The van der Waals surface area contributed by atoms with Crippen LogP contribution in [0.15, 0.2) is 54.1 Å². The highest BCUT2D eigenvalue weighted by Gasteiger charge is 2.32. The lowest BCUT2D eigenvalue weighted by molar-refractivity contribution is -0.122. The highest BCUT2D eigenvalue weighted by molar-refractivity contribution is 6.02. The molecule has 0 saturated heterocycles. The molecule has 0 heterocycles. The summed E-state index contributed by atoms with van der Waals surface area (Å²) in [5.41, 5.74) is 2.30. The molecular formula is C32H42O4. The van der Waals surface area contributed by atoms with Crippen LogP contribution in [0.1, 0.15) is 95.0 Å². The molecule has 194 valence electrons. The molecule has 2 aromatic carbocycles. The lowest BCUT2D eigenvalue weighted by atomic mass is 9.73. The molecule has 0 aromatic heterocycles. The van der Waals surface area contributed by atoms with Crippen molar-refractivity contribution in [3.05, 3.63) is 65.2 Å². The van der Waals surface area contributed by atoms with E-state index in [0.29, 0.717) is 23.8 Å². The van der Waals surface area contributed by atoms with Gasteiger partial charge in [-0.2, -0.15) is 0 Å². The molecule has 0 N–H and O–H groups in total. The number of esters is 1. The zero-order valence-corrected chi connectivity index (χ0v) is 22.4. The number of rotatable bonds is 12. The third-order valence-corrected chi connectivity index (χ3v) is 7.14. The molecule has 1 aliphatic rings. The predicted molar refractivity (Wildman–Crippen MR) is 146 cm³/mol. The molecule has 1 fully saturated rings. The Bertz CT molecular complexity index is 1000. The maximum atomic E-state index is 13.0. The van der Waals surface area contributed by atoms with Crippen LogP contribution in [0.2, 0.25) is 0 Å². The topological polar surface area (TPSA) is 52.6 Å². The molecule has 0 bridgehead atoms. The molecule has 0 amide bonds. The molecule has 0 radical (unpaired) electrons. The van der Waals surface area contributed by atoms with Crippen LogP contribution >= 0.6 is 0 Å². The average Bonchev–Trinajstić information content (AvgIpc) is 2.87. The van der Waals surface area contributed by atoms with Crippen molar-refractivity contribution in [1.82, 2.24) is 0 Å². The van der Waals surface area contributed by atoms with Crippen LogP contribution in [0.25, 0.3) is 6.08 Å². The minimum Gasteiger partial charge on any atom is -0.494 e. The van der Waals surface area contributed by atoms with Crippen molar-refractivity contribution < 1.29 is 19.1 Å². The molecule has 4 nitrogen and oxygen atoms in total. The van der Waals surface area contributed by atoms with E-state index in [1.807, 2.05) is 30.3 Å². The number of allylic oxidation sites excluding steroid dienone is 1. The molecule has 3 rings (SSSR count). The van der Waals surface area contributed by atoms with Gasteiger partial charge in [0.1, 0.15) is 11.5 Å².